The van der Waals surface area contributed by atoms with Crippen molar-refractivity contribution in [2.45, 2.75) is 31.5 Å². The van der Waals surface area contributed by atoms with Crippen LogP contribution in [0.25, 0.3) is 0 Å². The van der Waals surface area contributed by atoms with Crippen LogP contribution in [0.4, 0.5) is 13.2 Å². The van der Waals surface area contributed by atoms with Crippen LogP contribution in [0.5, 0.6) is 0 Å². The number of alkyl halides is 3. The predicted molar refractivity (Wildman–Crippen MR) is 61.4 cm³/mol. The van der Waals surface area contributed by atoms with Gasteiger partial charge in [0, 0.05) is 5.56 Å². The number of piperidine rings is 1. The molecule has 0 aromatic heterocycles. The first-order valence-corrected chi connectivity index (χ1v) is 5.93. The Bertz CT molecular complexity index is 436. The van der Waals surface area contributed by atoms with Crippen molar-refractivity contribution in [3.05, 3.63) is 35.4 Å². The normalized spacial score (nSPS) is 20.7. The maximum absolute atomic E-state index is 12.5. The maximum atomic E-state index is 12.5. The molecule has 2 rings (SSSR count). The number of halogens is 3. The molecule has 1 aromatic carbocycles. The van der Waals surface area contributed by atoms with Crippen LogP contribution in [0.15, 0.2) is 24.3 Å². The van der Waals surface area contributed by atoms with Crippen LogP contribution in [0, 0.1) is 0 Å². The Morgan fingerprint density at radius 1 is 1.28 bits per heavy atom. The topological polar surface area (TPSA) is 29.1 Å². The van der Waals surface area contributed by atoms with Gasteiger partial charge in [0.15, 0.2) is 5.78 Å². The van der Waals surface area contributed by atoms with Gasteiger partial charge in [-0.05, 0) is 31.5 Å². The SMILES string of the molecule is O=C(c1cccc(C(F)(F)F)c1)C1CCCCN1. The van der Waals surface area contributed by atoms with Crippen molar-refractivity contribution in [1.29, 1.82) is 0 Å². The third kappa shape index (κ3) is 2.90. The molecule has 0 spiro atoms. The number of benzene rings is 1. The summed E-state index contributed by atoms with van der Waals surface area (Å²) in [6.45, 7) is 0.745. The minimum atomic E-state index is -4.41. The summed E-state index contributed by atoms with van der Waals surface area (Å²) in [6, 6.07) is 4.28. The summed E-state index contributed by atoms with van der Waals surface area (Å²) in [7, 11) is 0. The molecule has 0 aliphatic carbocycles. The summed E-state index contributed by atoms with van der Waals surface area (Å²) >= 11 is 0. The van der Waals surface area contributed by atoms with E-state index in [1.54, 1.807) is 0 Å². The monoisotopic (exact) mass is 257 g/mol. The fourth-order valence-corrected chi connectivity index (χ4v) is 2.13. The van der Waals surface area contributed by atoms with E-state index >= 15 is 0 Å². The molecular weight excluding hydrogens is 243 g/mol. The van der Waals surface area contributed by atoms with Gasteiger partial charge in [-0.3, -0.25) is 4.79 Å². The molecule has 1 fully saturated rings. The summed E-state index contributed by atoms with van der Waals surface area (Å²) in [5.74, 6) is -0.249. The van der Waals surface area contributed by atoms with Gasteiger partial charge in [0.05, 0.1) is 11.6 Å². The lowest BCUT2D eigenvalue weighted by Gasteiger charge is -2.22. The van der Waals surface area contributed by atoms with Gasteiger partial charge in [-0.1, -0.05) is 18.6 Å². The summed E-state index contributed by atoms with van der Waals surface area (Å²) in [5.41, 5.74) is -0.645. The van der Waals surface area contributed by atoms with Crippen molar-refractivity contribution in [2.24, 2.45) is 0 Å². The van der Waals surface area contributed by atoms with Crippen LogP contribution in [0.2, 0.25) is 0 Å². The molecule has 0 radical (unpaired) electrons. The summed E-state index contributed by atoms with van der Waals surface area (Å²) in [5, 5.41) is 3.04. The number of carbonyl (C=O) groups excluding carboxylic acids is 1. The zero-order valence-corrected chi connectivity index (χ0v) is 9.76. The first-order valence-electron chi connectivity index (χ1n) is 5.93. The quantitative estimate of drug-likeness (QED) is 0.825. The van der Waals surface area contributed by atoms with Crippen molar-refractivity contribution in [2.75, 3.05) is 6.54 Å². The van der Waals surface area contributed by atoms with E-state index in [2.05, 4.69) is 5.32 Å². The van der Waals surface area contributed by atoms with E-state index in [1.807, 2.05) is 0 Å². The predicted octanol–water partition coefficient (Wildman–Crippen LogP) is 3.03. The Balaban J connectivity index is 2.20. The standard InChI is InChI=1S/C13H14F3NO/c14-13(15,16)10-5-3-4-9(8-10)12(18)11-6-1-2-7-17-11/h3-5,8,11,17H,1-2,6-7H2. The lowest BCUT2D eigenvalue weighted by Crippen LogP contribution is -2.40. The van der Waals surface area contributed by atoms with E-state index in [1.165, 1.54) is 12.1 Å². The Morgan fingerprint density at radius 2 is 2.06 bits per heavy atom. The second-order valence-corrected chi connectivity index (χ2v) is 4.45. The average Bonchev–Trinajstić information content (AvgIpc) is 2.38. The van der Waals surface area contributed by atoms with Crippen LogP contribution in [-0.2, 0) is 6.18 Å². The number of Topliss-reactive ketones (excluding diaryl/α,β-unsaturated/α-hetero) is 1. The molecule has 0 amide bonds. The molecule has 1 heterocycles. The lowest BCUT2D eigenvalue weighted by molar-refractivity contribution is -0.137. The Morgan fingerprint density at radius 3 is 2.67 bits per heavy atom. The smallest absolute Gasteiger partial charge is 0.307 e. The van der Waals surface area contributed by atoms with Crippen molar-refractivity contribution >= 4 is 5.78 Å². The summed E-state index contributed by atoms with van der Waals surface area (Å²) in [4.78, 5) is 12.0. The van der Waals surface area contributed by atoms with Gasteiger partial charge in [-0.25, -0.2) is 0 Å². The zero-order valence-electron chi connectivity index (χ0n) is 9.76. The highest BCUT2D eigenvalue weighted by atomic mass is 19.4. The van der Waals surface area contributed by atoms with Gasteiger partial charge in [0.25, 0.3) is 0 Å². The molecule has 1 saturated heterocycles. The Labute approximate surface area is 103 Å². The van der Waals surface area contributed by atoms with E-state index in [0.29, 0.717) is 6.42 Å². The second kappa shape index (κ2) is 5.10. The number of ketones is 1. The Hall–Kier alpha value is -1.36. The third-order valence-electron chi connectivity index (χ3n) is 3.10. The van der Waals surface area contributed by atoms with Gasteiger partial charge in [0.1, 0.15) is 0 Å². The number of hydrogen-bond acceptors (Lipinski definition) is 2. The second-order valence-electron chi connectivity index (χ2n) is 4.45. The molecule has 1 atom stereocenters. The van der Waals surface area contributed by atoms with Crippen LogP contribution < -0.4 is 5.32 Å². The highest BCUT2D eigenvalue weighted by Crippen LogP contribution is 2.30. The van der Waals surface area contributed by atoms with Gasteiger partial charge in [-0.2, -0.15) is 13.2 Å². The van der Waals surface area contributed by atoms with E-state index in [-0.39, 0.29) is 17.4 Å². The van der Waals surface area contributed by atoms with E-state index in [0.717, 1.165) is 31.5 Å². The molecule has 1 aliphatic heterocycles. The van der Waals surface area contributed by atoms with Crippen molar-refractivity contribution < 1.29 is 18.0 Å². The molecule has 98 valence electrons. The highest BCUT2D eigenvalue weighted by Gasteiger charge is 2.31. The van der Waals surface area contributed by atoms with Crippen LogP contribution in [0.3, 0.4) is 0 Å². The van der Waals surface area contributed by atoms with Crippen molar-refractivity contribution in [3.63, 3.8) is 0 Å². The van der Waals surface area contributed by atoms with Gasteiger partial charge < -0.3 is 5.32 Å². The van der Waals surface area contributed by atoms with E-state index < -0.39 is 11.7 Å². The highest BCUT2D eigenvalue weighted by molar-refractivity contribution is 6.00. The van der Waals surface area contributed by atoms with Crippen LogP contribution in [-0.4, -0.2) is 18.4 Å². The van der Waals surface area contributed by atoms with E-state index in [9.17, 15) is 18.0 Å². The largest absolute Gasteiger partial charge is 0.416 e. The molecule has 1 unspecified atom stereocenters. The fraction of sp³-hybridized carbons (Fsp3) is 0.462. The molecule has 1 N–H and O–H groups in total. The van der Waals surface area contributed by atoms with Crippen LogP contribution in [0.1, 0.15) is 35.2 Å². The zero-order chi connectivity index (χ0) is 13.2. The first kappa shape index (κ1) is 13.1. The summed E-state index contributed by atoms with van der Waals surface area (Å²) < 4.78 is 37.6. The minimum absolute atomic E-state index is 0.129. The van der Waals surface area contributed by atoms with Gasteiger partial charge in [0.2, 0.25) is 0 Å². The van der Waals surface area contributed by atoms with Gasteiger partial charge >= 0.3 is 6.18 Å². The maximum Gasteiger partial charge on any atom is 0.416 e. The number of rotatable bonds is 2. The first-order chi connectivity index (χ1) is 8.48. The fourth-order valence-electron chi connectivity index (χ4n) is 2.13. The Kier molecular flexibility index (Phi) is 3.71. The third-order valence-corrected chi connectivity index (χ3v) is 3.10. The van der Waals surface area contributed by atoms with Gasteiger partial charge in [-0.15, -0.1) is 0 Å². The number of carbonyl (C=O) groups is 1. The molecule has 1 aromatic rings. The molecule has 1 aliphatic rings. The minimum Gasteiger partial charge on any atom is -0.307 e. The molecule has 5 heteroatoms. The summed E-state index contributed by atoms with van der Waals surface area (Å²) in [6.07, 6.45) is -1.78. The van der Waals surface area contributed by atoms with Crippen molar-refractivity contribution in [1.82, 2.24) is 5.32 Å². The molecular formula is C13H14F3NO. The molecule has 0 saturated carbocycles. The molecule has 0 bridgehead atoms. The lowest BCUT2D eigenvalue weighted by atomic mass is 9.95. The van der Waals surface area contributed by atoms with Crippen LogP contribution >= 0.6 is 0 Å². The van der Waals surface area contributed by atoms with Crippen molar-refractivity contribution in [3.8, 4) is 0 Å². The number of hydrogen-bond donors (Lipinski definition) is 1. The molecule has 18 heavy (non-hydrogen) atoms. The van der Waals surface area contributed by atoms with E-state index in [4.69, 9.17) is 0 Å². The molecule has 2 nitrogen and oxygen atoms in total. The number of nitrogens with one attached hydrogen (secondary N) is 1. The average molecular weight is 257 g/mol.